The van der Waals surface area contributed by atoms with Crippen LogP contribution < -0.4 is 0 Å². The van der Waals surface area contributed by atoms with Gasteiger partial charge in [0, 0.05) is 5.56 Å². The maximum atomic E-state index is 12.6. The van der Waals surface area contributed by atoms with E-state index >= 15 is 0 Å². The number of terminal acetylenes is 1. The monoisotopic (exact) mass is 145 g/mol. The van der Waals surface area contributed by atoms with Crippen LogP contribution in [0, 0.1) is 24.7 Å². The van der Waals surface area contributed by atoms with Crippen molar-refractivity contribution < 1.29 is 4.39 Å². The van der Waals surface area contributed by atoms with Crippen molar-refractivity contribution in [1.82, 2.24) is 0 Å². The topological polar surface area (TPSA) is 4.36 Å². The van der Waals surface area contributed by atoms with Gasteiger partial charge in [0.1, 0.15) is 5.82 Å². The lowest BCUT2D eigenvalue weighted by atomic mass is 10.2. The summed E-state index contributed by atoms with van der Waals surface area (Å²) in [5, 5.41) is 0. The molecular weight excluding hydrogens is 141 g/mol. The summed E-state index contributed by atoms with van der Waals surface area (Å²) in [6.45, 7) is 6.60. The van der Waals surface area contributed by atoms with Gasteiger partial charge >= 0.3 is 0 Å². The standard InChI is InChI=1S/C9H4FN/c1-3-7-4-8(10)6-9(5-7)11-2/h1,4-6H. The van der Waals surface area contributed by atoms with Crippen LogP contribution in [0.2, 0.25) is 0 Å². The van der Waals surface area contributed by atoms with Gasteiger partial charge in [-0.05, 0) is 18.2 Å². The zero-order valence-electron chi connectivity index (χ0n) is 5.63. The number of halogens is 1. The Balaban J connectivity index is 3.28. The molecule has 0 aliphatic carbocycles. The van der Waals surface area contributed by atoms with Gasteiger partial charge in [-0.15, -0.1) is 6.42 Å². The van der Waals surface area contributed by atoms with Crippen LogP contribution in [0.5, 0.6) is 0 Å². The molecule has 0 unspecified atom stereocenters. The maximum Gasteiger partial charge on any atom is 0.191 e. The summed E-state index contributed by atoms with van der Waals surface area (Å²) in [5.41, 5.74) is 0.633. The molecule has 0 spiro atoms. The molecule has 0 radical (unpaired) electrons. The summed E-state index contributed by atoms with van der Waals surface area (Å²) in [7, 11) is 0. The average Bonchev–Trinajstić information content (AvgIpc) is 2.03. The van der Waals surface area contributed by atoms with Crippen LogP contribution in [0.4, 0.5) is 10.1 Å². The van der Waals surface area contributed by atoms with E-state index in [4.69, 9.17) is 13.0 Å². The molecule has 0 bridgehead atoms. The Kier molecular flexibility index (Phi) is 1.90. The molecule has 0 saturated carbocycles. The van der Waals surface area contributed by atoms with E-state index in [1.54, 1.807) is 0 Å². The third-order valence-electron chi connectivity index (χ3n) is 1.18. The van der Waals surface area contributed by atoms with E-state index < -0.39 is 5.82 Å². The molecule has 1 aromatic carbocycles. The molecular formula is C9H4FN. The summed E-state index contributed by atoms with van der Waals surface area (Å²) in [6, 6.07) is 3.83. The molecule has 0 aliphatic rings. The van der Waals surface area contributed by atoms with Crippen LogP contribution in [0.25, 0.3) is 4.85 Å². The fourth-order valence-corrected chi connectivity index (χ4v) is 0.722. The van der Waals surface area contributed by atoms with Gasteiger partial charge in [-0.25, -0.2) is 9.24 Å². The molecule has 0 fully saturated rings. The fraction of sp³-hybridized carbons (Fsp3) is 0. The normalized spacial score (nSPS) is 8.27. The Bertz CT molecular complexity index is 323. The van der Waals surface area contributed by atoms with E-state index in [0.29, 0.717) is 5.56 Å². The van der Waals surface area contributed by atoms with Crippen LogP contribution in [0.1, 0.15) is 5.56 Å². The lowest BCUT2D eigenvalue weighted by Gasteiger charge is -1.92. The van der Waals surface area contributed by atoms with Crippen molar-refractivity contribution in [3.05, 3.63) is 41.0 Å². The highest BCUT2D eigenvalue weighted by atomic mass is 19.1. The second-order valence-corrected chi connectivity index (χ2v) is 1.95. The van der Waals surface area contributed by atoms with Gasteiger partial charge in [0.15, 0.2) is 5.69 Å². The molecule has 0 saturated heterocycles. The van der Waals surface area contributed by atoms with Crippen molar-refractivity contribution in [2.45, 2.75) is 0 Å². The lowest BCUT2D eigenvalue weighted by molar-refractivity contribution is 0.628. The van der Waals surface area contributed by atoms with Crippen LogP contribution in [0.15, 0.2) is 18.2 Å². The predicted octanol–water partition coefficient (Wildman–Crippen LogP) is 2.36. The third kappa shape index (κ3) is 1.56. The van der Waals surface area contributed by atoms with Gasteiger partial charge in [-0.1, -0.05) is 5.92 Å². The summed E-state index contributed by atoms with van der Waals surface area (Å²) in [5.74, 6) is 1.79. The molecule has 2 heteroatoms. The Labute approximate surface area is 64.3 Å². The van der Waals surface area contributed by atoms with E-state index in [1.165, 1.54) is 12.1 Å². The van der Waals surface area contributed by atoms with Crippen molar-refractivity contribution in [3.8, 4) is 12.3 Å². The SMILES string of the molecule is [C-]#[N+]c1cc(F)cc(C#C)c1. The summed E-state index contributed by atoms with van der Waals surface area (Å²) in [4.78, 5) is 3.05. The molecule has 0 heterocycles. The maximum absolute atomic E-state index is 12.6. The number of benzene rings is 1. The highest BCUT2D eigenvalue weighted by Crippen LogP contribution is 2.15. The van der Waals surface area contributed by atoms with Crippen molar-refractivity contribution in [1.29, 1.82) is 0 Å². The number of hydrogen-bond donors (Lipinski definition) is 0. The second-order valence-electron chi connectivity index (χ2n) is 1.95. The minimum Gasteiger partial charge on any atom is -0.238 e. The number of hydrogen-bond acceptors (Lipinski definition) is 0. The summed E-state index contributed by atoms with van der Waals surface area (Å²) >= 11 is 0. The molecule has 1 aromatic rings. The zero-order chi connectivity index (χ0) is 8.27. The minimum absolute atomic E-state index is 0.234. The molecule has 0 aliphatic heterocycles. The first-order valence-electron chi connectivity index (χ1n) is 2.91. The predicted molar refractivity (Wildman–Crippen MR) is 40.6 cm³/mol. The third-order valence-corrected chi connectivity index (χ3v) is 1.18. The highest BCUT2D eigenvalue weighted by Gasteiger charge is 1.96. The Morgan fingerprint density at radius 1 is 1.45 bits per heavy atom. The van der Waals surface area contributed by atoms with Crippen molar-refractivity contribution in [3.63, 3.8) is 0 Å². The molecule has 0 aromatic heterocycles. The first kappa shape index (κ1) is 7.31. The van der Waals surface area contributed by atoms with Crippen molar-refractivity contribution in [2.24, 2.45) is 0 Å². The largest absolute Gasteiger partial charge is 0.238 e. The Morgan fingerprint density at radius 2 is 2.18 bits per heavy atom. The lowest BCUT2D eigenvalue weighted by Crippen LogP contribution is -1.76. The van der Waals surface area contributed by atoms with Crippen molar-refractivity contribution in [2.75, 3.05) is 0 Å². The van der Waals surface area contributed by atoms with Gasteiger partial charge in [0.25, 0.3) is 0 Å². The van der Waals surface area contributed by atoms with E-state index in [9.17, 15) is 4.39 Å². The number of rotatable bonds is 0. The van der Waals surface area contributed by atoms with Gasteiger partial charge in [0.05, 0.1) is 6.57 Å². The van der Waals surface area contributed by atoms with E-state index in [-0.39, 0.29) is 5.69 Å². The molecule has 0 atom stereocenters. The Hall–Kier alpha value is -1.80. The van der Waals surface area contributed by atoms with E-state index in [1.807, 2.05) is 0 Å². The molecule has 0 N–H and O–H groups in total. The molecule has 0 amide bonds. The zero-order valence-corrected chi connectivity index (χ0v) is 5.63. The molecule has 1 rings (SSSR count). The minimum atomic E-state index is -0.466. The summed E-state index contributed by atoms with van der Waals surface area (Å²) < 4.78 is 12.6. The molecule has 11 heavy (non-hydrogen) atoms. The van der Waals surface area contributed by atoms with Crippen LogP contribution >= 0.6 is 0 Å². The van der Waals surface area contributed by atoms with Crippen LogP contribution in [0.3, 0.4) is 0 Å². The van der Waals surface area contributed by atoms with Crippen LogP contribution in [-0.4, -0.2) is 0 Å². The highest BCUT2D eigenvalue weighted by molar-refractivity contribution is 5.51. The van der Waals surface area contributed by atoms with Gasteiger partial charge in [-0.3, -0.25) is 0 Å². The van der Waals surface area contributed by atoms with E-state index in [0.717, 1.165) is 6.07 Å². The second kappa shape index (κ2) is 2.86. The van der Waals surface area contributed by atoms with Crippen LogP contribution in [-0.2, 0) is 0 Å². The van der Waals surface area contributed by atoms with Gasteiger partial charge < -0.3 is 0 Å². The number of nitrogens with zero attached hydrogens (tertiary/aromatic N) is 1. The summed E-state index contributed by atoms with van der Waals surface area (Å²) in [6.07, 6.45) is 5.02. The van der Waals surface area contributed by atoms with Gasteiger partial charge in [0.2, 0.25) is 0 Å². The molecule has 52 valence electrons. The molecule has 1 nitrogen and oxygen atoms in total. The van der Waals surface area contributed by atoms with Gasteiger partial charge in [-0.2, -0.15) is 0 Å². The van der Waals surface area contributed by atoms with Crippen molar-refractivity contribution >= 4 is 5.69 Å². The Morgan fingerprint density at radius 3 is 2.73 bits per heavy atom. The first-order valence-corrected chi connectivity index (χ1v) is 2.91. The first-order chi connectivity index (χ1) is 5.26. The quantitative estimate of drug-likeness (QED) is 0.390. The average molecular weight is 145 g/mol. The smallest absolute Gasteiger partial charge is 0.191 e. The fourth-order valence-electron chi connectivity index (χ4n) is 0.722. The van der Waals surface area contributed by atoms with E-state index in [2.05, 4.69) is 10.8 Å².